The van der Waals surface area contributed by atoms with Crippen molar-refractivity contribution in [2.45, 2.75) is 6.54 Å². The number of carbonyl (C=O) groups excluding carboxylic acids is 1. The third-order valence-electron chi connectivity index (χ3n) is 3.94. The molecule has 24 heavy (non-hydrogen) atoms. The summed E-state index contributed by atoms with van der Waals surface area (Å²) < 4.78 is 5.22. The van der Waals surface area contributed by atoms with Crippen LogP contribution in [0.3, 0.4) is 0 Å². The topological polar surface area (TPSA) is 92.2 Å². The van der Waals surface area contributed by atoms with Gasteiger partial charge in [-0.05, 0) is 29.3 Å². The molecule has 6 heteroatoms. The lowest BCUT2D eigenvalue weighted by Crippen LogP contribution is -2.25. The van der Waals surface area contributed by atoms with Gasteiger partial charge in [0.25, 0.3) is 5.91 Å². The van der Waals surface area contributed by atoms with Crippen LogP contribution in [-0.4, -0.2) is 29.4 Å². The quantitative estimate of drug-likeness (QED) is 0.689. The van der Waals surface area contributed by atoms with E-state index in [2.05, 4.69) is 11.6 Å². The summed E-state index contributed by atoms with van der Waals surface area (Å²) in [4.78, 5) is 18.3. The van der Waals surface area contributed by atoms with Crippen LogP contribution in [0.5, 0.6) is 5.75 Å². The highest BCUT2D eigenvalue weighted by atomic mass is 16.5. The Kier molecular flexibility index (Phi) is 3.92. The second-order valence-electron chi connectivity index (χ2n) is 5.58. The monoisotopic (exact) mass is 320 g/mol. The average Bonchev–Trinajstić information content (AvgIpc) is 2.90. The molecule has 2 aromatic rings. The molecule has 1 amide bonds. The van der Waals surface area contributed by atoms with Crippen molar-refractivity contribution >= 4 is 11.6 Å². The van der Waals surface area contributed by atoms with E-state index in [1.165, 1.54) is 0 Å². The molecule has 2 N–H and O–H groups in total. The number of methoxy groups -OCH3 is 1. The van der Waals surface area contributed by atoms with Gasteiger partial charge in [0.2, 0.25) is 0 Å². The van der Waals surface area contributed by atoms with Crippen LogP contribution in [0.1, 0.15) is 15.9 Å². The molecular formula is C18H16N4O2. The van der Waals surface area contributed by atoms with E-state index in [9.17, 15) is 4.79 Å². The third kappa shape index (κ3) is 2.68. The molecule has 0 fully saturated rings. The number of ether oxygens (including phenoxy) is 1. The molecule has 3 rings (SSSR count). The number of pyridine rings is 1. The van der Waals surface area contributed by atoms with Crippen LogP contribution in [-0.2, 0) is 6.54 Å². The predicted molar refractivity (Wildman–Crippen MR) is 90.1 cm³/mol. The molecule has 0 aliphatic carbocycles. The minimum absolute atomic E-state index is 0.147. The normalized spacial score (nSPS) is 12.7. The van der Waals surface area contributed by atoms with E-state index in [-0.39, 0.29) is 12.5 Å². The van der Waals surface area contributed by atoms with E-state index in [0.29, 0.717) is 29.1 Å². The maximum Gasteiger partial charge on any atom is 0.254 e. The van der Waals surface area contributed by atoms with Crippen LogP contribution < -0.4 is 10.5 Å². The van der Waals surface area contributed by atoms with Crippen LogP contribution in [0, 0.1) is 11.3 Å². The Morgan fingerprint density at radius 2 is 2.17 bits per heavy atom. The smallest absolute Gasteiger partial charge is 0.254 e. The summed E-state index contributed by atoms with van der Waals surface area (Å²) >= 11 is 0. The predicted octanol–water partition coefficient (Wildman–Crippen LogP) is 2.37. The fourth-order valence-corrected chi connectivity index (χ4v) is 2.82. The maximum atomic E-state index is 12.6. The number of amides is 1. The zero-order chi connectivity index (χ0) is 17.3. The van der Waals surface area contributed by atoms with Crippen LogP contribution in [0.4, 0.5) is 5.69 Å². The number of nitrogen functional groups attached to an aromatic ring is 1. The average molecular weight is 320 g/mol. The van der Waals surface area contributed by atoms with Gasteiger partial charge in [-0.25, -0.2) is 0 Å². The number of benzene rings is 1. The Balaban J connectivity index is 2.07. The van der Waals surface area contributed by atoms with Crippen molar-refractivity contribution in [2.75, 3.05) is 19.4 Å². The van der Waals surface area contributed by atoms with E-state index in [4.69, 9.17) is 15.7 Å². The summed E-state index contributed by atoms with van der Waals surface area (Å²) in [7, 11) is 1.57. The molecule has 120 valence electrons. The van der Waals surface area contributed by atoms with Gasteiger partial charge in [0.15, 0.2) is 0 Å². The lowest BCUT2D eigenvalue weighted by atomic mass is 9.97. The Morgan fingerprint density at radius 3 is 2.88 bits per heavy atom. The molecule has 2 heterocycles. The molecule has 1 aromatic carbocycles. The second kappa shape index (κ2) is 6.05. The lowest BCUT2D eigenvalue weighted by molar-refractivity contribution is 0.0794. The fourth-order valence-electron chi connectivity index (χ4n) is 2.82. The molecule has 0 saturated carbocycles. The van der Waals surface area contributed by atoms with Crippen molar-refractivity contribution in [3.8, 4) is 22.9 Å². The minimum atomic E-state index is -0.147. The number of carbonyl (C=O) groups is 1. The number of nitriles is 1. The second-order valence-corrected chi connectivity index (χ2v) is 5.58. The first-order valence-electron chi connectivity index (χ1n) is 7.32. The molecule has 0 unspecified atom stereocenters. The standard InChI is InChI=1S/C18H16N4O2/c1-11(6-19)9-22-10-17-15(4-13(20)5-16(17)18(22)23)12-3-14(24-2)8-21-7-12/h3-5,7-8H,1,9-10,20H2,2H3. The number of aromatic nitrogens is 1. The number of hydrogen-bond acceptors (Lipinski definition) is 5. The summed E-state index contributed by atoms with van der Waals surface area (Å²) in [6, 6.07) is 7.32. The molecule has 0 bridgehead atoms. The van der Waals surface area contributed by atoms with Crippen molar-refractivity contribution in [2.24, 2.45) is 0 Å². The van der Waals surface area contributed by atoms with E-state index in [1.807, 2.05) is 18.2 Å². The molecule has 0 radical (unpaired) electrons. The van der Waals surface area contributed by atoms with Crippen molar-refractivity contribution in [3.05, 3.63) is 53.9 Å². The third-order valence-corrected chi connectivity index (χ3v) is 3.94. The van der Waals surface area contributed by atoms with Crippen molar-refractivity contribution in [1.29, 1.82) is 5.26 Å². The lowest BCUT2D eigenvalue weighted by Gasteiger charge is -2.14. The number of hydrogen-bond donors (Lipinski definition) is 1. The van der Waals surface area contributed by atoms with Gasteiger partial charge in [-0.15, -0.1) is 0 Å². The van der Waals surface area contributed by atoms with Gasteiger partial charge in [0.1, 0.15) is 5.75 Å². The zero-order valence-corrected chi connectivity index (χ0v) is 13.2. The van der Waals surface area contributed by atoms with Gasteiger partial charge >= 0.3 is 0 Å². The van der Waals surface area contributed by atoms with E-state index < -0.39 is 0 Å². The highest BCUT2D eigenvalue weighted by Gasteiger charge is 2.30. The number of rotatable bonds is 4. The van der Waals surface area contributed by atoms with Crippen LogP contribution in [0.15, 0.2) is 42.7 Å². The van der Waals surface area contributed by atoms with E-state index in [1.54, 1.807) is 30.5 Å². The number of nitrogens with zero attached hydrogens (tertiary/aromatic N) is 3. The molecule has 1 aromatic heterocycles. The highest BCUT2D eigenvalue weighted by molar-refractivity contribution is 6.02. The van der Waals surface area contributed by atoms with Gasteiger partial charge in [-0.1, -0.05) is 6.58 Å². The number of anilines is 1. The van der Waals surface area contributed by atoms with E-state index >= 15 is 0 Å². The maximum absolute atomic E-state index is 12.6. The van der Waals surface area contributed by atoms with Crippen molar-refractivity contribution in [1.82, 2.24) is 9.88 Å². The highest BCUT2D eigenvalue weighted by Crippen LogP contribution is 2.35. The Morgan fingerprint density at radius 1 is 1.42 bits per heavy atom. The van der Waals surface area contributed by atoms with Gasteiger partial charge < -0.3 is 15.4 Å². The molecular weight excluding hydrogens is 304 g/mol. The molecule has 0 atom stereocenters. The van der Waals surface area contributed by atoms with Crippen LogP contribution in [0.2, 0.25) is 0 Å². The minimum Gasteiger partial charge on any atom is -0.495 e. The SMILES string of the molecule is C=C(C#N)CN1Cc2c(cc(N)cc2-c2cncc(OC)c2)C1=O. The van der Waals surface area contributed by atoms with Crippen molar-refractivity contribution < 1.29 is 9.53 Å². The molecule has 0 spiro atoms. The van der Waals surface area contributed by atoms with Gasteiger partial charge in [-0.2, -0.15) is 5.26 Å². The molecule has 1 aliphatic rings. The summed E-state index contributed by atoms with van der Waals surface area (Å²) in [6.45, 7) is 4.26. The fraction of sp³-hybridized carbons (Fsp3) is 0.167. The summed E-state index contributed by atoms with van der Waals surface area (Å²) in [5.74, 6) is 0.480. The van der Waals surface area contributed by atoms with Gasteiger partial charge in [-0.3, -0.25) is 9.78 Å². The Labute approximate surface area is 139 Å². The number of fused-ring (bicyclic) bond motifs is 1. The van der Waals surface area contributed by atoms with Crippen LogP contribution >= 0.6 is 0 Å². The molecule has 6 nitrogen and oxygen atoms in total. The largest absolute Gasteiger partial charge is 0.495 e. The Hall–Kier alpha value is -3.33. The van der Waals surface area contributed by atoms with Crippen molar-refractivity contribution in [3.63, 3.8) is 0 Å². The van der Waals surface area contributed by atoms with E-state index in [0.717, 1.165) is 16.7 Å². The van der Waals surface area contributed by atoms with Gasteiger partial charge in [0.05, 0.1) is 25.9 Å². The first kappa shape index (κ1) is 15.6. The summed E-state index contributed by atoms with van der Waals surface area (Å²) in [6.07, 6.45) is 3.32. The van der Waals surface area contributed by atoms with Gasteiger partial charge in [0, 0.05) is 35.1 Å². The number of nitrogens with two attached hydrogens (primary N) is 1. The summed E-state index contributed by atoms with van der Waals surface area (Å²) in [5, 5.41) is 8.90. The molecule has 1 aliphatic heterocycles. The first-order chi connectivity index (χ1) is 11.5. The zero-order valence-electron chi connectivity index (χ0n) is 13.2. The summed E-state index contributed by atoms with van der Waals surface area (Å²) in [5.41, 5.74) is 9.92. The molecule has 0 saturated heterocycles. The van der Waals surface area contributed by atoms with Crippen LogP contribution in [0.25, 0.3) is 11.1 Å². The Bertz CT molecular complexity index is 883. The first-order valence-corrected chi connectivity index (χ1v) is 7.32.